The summed E-state index contributed by atoms with van der Waals surface area (Å²) in [4.78, 5) is 3.71. The molecule has 0 atom stereocenters. The zero-order valence-corrected chi connectivity index (χ0v) is 11.4. The molecule has 7 heteroatoms. The van der Waals surface area contributed by atoms with Crippen molar-refractivity contribution >= 4 is 11.0 Å². The van der Waals surface area contributed by atoms with Crippen LogP contribution in [0, 0.1) is 13.8 Å². The lowest BCUT2D eigenvalue weighted by atomic mass is 10.2. The predicted octanol–water partition coefficient (Wildman–Crippen LogP) is 3.71. The standard InChI is InChI=1S/C14H12F3N3O/c1-8-10(9(2)21-19-8)7-20-12-6-4-3-5-11(12)18-13(20)14(15,16)17/h3-6H,7H2,1-2H3. The monoisotopic (exact) mass is 295 g/mol. The third-order valence-electron chi connectivity index (χ3n) is 3.41. The zero-order chi connectivity index (χ0) is 15.2. The molecule has 0 fully saturated rings. The SMILES string of the molecule is Cc1noc(C)c1Cn1c(C(F)(F)F)nc2ccccc21. The van der Waals surface area contributed by atoms with Gasteiger partial charge < -0.3 is 9.09 Å². The van der Waals surface area contributed by atoms with E-state index in [9.17, 15) is 13.2 Å². The van der Waals surface area contributed by atoms with Crippen molar-refractivity contribution in [2.45, 2.75) is 26.6 Å². The molecule has 2 aromatic heterocycles. The Morgan fingerprint density at radius 1 is 1.19 bits per heavy atom. The maximum absolute atomic E-state index is 13.2. The minimum Gasteiger partial charge on any atom is -0.361 e. The van der Waals surface area contributed by atoms with Crippen molar-refractivity contribution in [1.82, 2.24) is 14.7 Å². The number of aromatic nitrogens is 3. The molecule has 3 aromatic rings. The second kappa shape index (κ2) is 4.61. The van der Waals surface area contributed by atoms with Crippen molar-refractivity contribution in [2.24, 2.45) is 0 Å². The van der Waals surface area contributed by atoms with Crippen LogP contribution in [0.15, 0.2) is 28.8 Å². The minimum atomic E-state index is -4.52. The molecule has 4 nitrogen and oxygen atoms in total. The maximum Gasteiger partial charge on any atom is 0.449 e. The highest BCUT2D eigenvalue weighted by Crippen LogP contribution is 2.32. The first kappa shape index (κ1) is 13.7. The fourth-order valence-corrected chi connectivity index (χ4v) is 2.34. The number of benzene rings is 1. The number of fused-ring (bicyclic) bond motifs is 1. The number of hydrogen-bond donors (Lipinski definition) is 0. The van der Waals surface area contributed by atoms with E-state index in [-0.39, 0.29) is 6.54 Å². The number of alkyl halides is 3. The Hall–Kier alpha value is -2.31. The van der Waals surface area contributed by atoms with E-state index >= 15 is 0 Å². The molecule has 0 unspecified atom stereocenters. The highest BCUT2D eigenvalue weighted by molar-refractivity contribution is 5.76. The Balaban J connectivity index is 2.20. The van der Waals surface area contributed by atoms with Crippen LogP contribution in [-0.4, -0.2) is 14.7 Å². The topological polar surface area (TPSA) is 43.9 Å². The van der Waals surface area contributed by atoms with Gasteiger partial charge in [-0.2, -0.15) is 13.2 Å². The van der Waals surface area contributed by atoms with E-state index in [0.717, 1.165) is 4.57 Å². The molecule has 0 saturated carbocycles. The first-order valence-corrected chi connectivity index (χ1v) is 6.32. The van der Waals surface area contributed by atoms with Gasteiger partial charge in [0.15, 0.2) is 0 Å². The first-order valence-electron chi connectivity index (χ1n) is 6.32. The largest absolute Gasteiger partial charge is 0.449 e. The van der Waals surface area contributed by atoms with Crippen LogP contribution < -0.4 is 0 Å². The Morgan fingerprint density at radius 2 is 1.90 bits per heavy atom. The fraction of sp³-hybridized carbons (Fsp3) is 0.286. The second-order valence-corrected chi connectivity index (χ2v) is 4.81. The molecule has 0 N–H and O–H groups in total. The second-order valence-electron chi connectivity index (χ2n) is 4.81. The van der Waals surface area contributed by atoms with Gasteiger partial charge >= 0.3 is 6.18 Å². The van der Waals surface area contributed by atoms with Crippen LogP contribution in [0.5, 0.6) is 0 Å². The summed E-state index contributed by atoms with van der Waals surface area (Å²) in [5, 5.41) is 3.78. The average molecular weight is 295 g/mol. The van der Waals surface area contributed by atoms with E-state index < -0.39 is 12.0 Å². The Labute approximate surface area is 118 Å². The molecule has 1 aromatic carbocycles. The van der Waals surface area contributed by atoms with Gasteiger partial charge in [0.05, 0.1) is 23.3 Å². The summed E-state index contributed by atoms with van der Waals surface area (Å²) in [6.45, 7) is 3.41. The van der Waals surface area contributed by atoms with Gasteiger partial charge in [-0.3, -0.25) is 0 Å². The van der Waals surface area contributed by atoms with Crippen LogP contribution in [0.25, 0.3) is 11.0 Å². The van der Waals surface area contributed by atoms with E-state index in [2.05, 4.69) is 10.1 Å². The normalized spacial score (nSPS) is 12.2. The summed E-state index contributed by atoms with van der Waals surface area (Å²) in [5.74, 6) is -0.401. The number of hydrogen-bond acceptors (Lipinski definition) is 3. The molecule has 0 bridgehead atoms. The van der Waals surface area contributed by atoms with E-state index in [4.69, 9.17) is 4.52 Å². The van der Waals surface area contributed by atoms with Crippen LogP contribution in [0.3, 0.4) is 0 Å². The van der Waals surface area contributed by atoms with Gasteiger partial charge in [0.25, 0.3) is 0 Å². The lowest BCUT2D eigenvalue weighted by Gasteiger charge is -2.11. The van der Waals surface area contributed by atoms with Gasteiger partial charge in [-0.1, -0.05) is 17.3 Å². The molecule has 21 heavy (non-hydrogen) atoms. The number of halogens is 3. The zero-order valence-electron chi connectivity index (χ0n) is 11.4. The minimum absolute atomic E-state index is 0.0243. The van der Waals surface area contributed by atoms with Crippen LogP contribution >= 0.6 is 0 Å². The van der Waals surface area contributed by atoms with Crippen LogP contribution in [-0.2, 0) is 12.7 Å². The third kappa shape index (κ3) is 2.28. The molecule has 0 amide bonds. The van der Waals surface area contributed by atoms with Gasteiger partial charge in [0, 0.05) is 5.56 Å². The average Bonchev–Trinajstić information content (AvgIpc) is 2.94. The molecule has 110 valence electrons. The number of nitrogens with zero attached hydrogens (tertiary/aromatic N) is 3. The van der Waals surface area contributed by atoms with Gasteiger partial charge in [-0.25, -0.2) is 4.98 Å². The van der Waals surface area contributed by atoms with Crippen molar-refractivity contribution < 1.29 is 17.7 Å². The summed E-state index contributed by atoms with van der Waals surface area (Å²) in [6, 6.07) is 6.54. The van der Waals surface area contributed by atoms with Gasteiger partial charge in [-0.15, -0.1) is 0 Å². The fourth-order valence-electron chi connectivity index (χ4n) is 2.34. The van der Waals surface area contributed by atoms with Gasteiger partial charge in [-0.05, 0) is 26.0 Å². The van der Waals surface area contributed by atoms with E-state index in [0.29, 0.717) is 28.1 Å². The molecule has 0 radical (unpaired) electrons. The molecule has 2 heterocycles. The Bertz CT molecular complexity index is 782. The van der Waals surface area contributed by atoms with Crippen molar-refractivity contribution in [2.75, 3.05) is 0 Å². The molecule has 0 aliphatic rings. The Morgan fingerprint density at radius 3 is 2.52 bits per heavy atom. The predicted molar refractivity (Wildman–Crippen MR) is 69.8 cm³/mol. The number of rotatable bonds is 2. The van der Waals surface area contributed by atoms with Crippen molar-refractivity contribution in [3.05, 3.63) is 47.1 Å². The number of imidazole rings is 1. The lowest BCUT2D eigenvalue weighted by Crippen LogP contribution is -2.16. The molecule has 0 aliphatic carbocycles. The van der Waals surface area contributed by atoms with Gasteiger partial charge in [0.2, 0.25) is 5.82 Å². The summed E-state index contributed by atoms with van der Waals surface area (Å²) < 4.78 is 45.8. The first-order chi connectivity index (χ1) is 9.88. The Kier molecular flexibility index (Phi) is 3.00. The summed E-state index contributed by atoms with van der Waals surface area (Å²) >= 11 is 0. The van der Waals surface area contributed by atoms with Crippen LogP contribution in [0.4, 0.5) is 13.2 Å². The molecule has 0 aliphatic heterocycles. The summed E-state index contributed by atoms with van der Waals surface area (Å²) in [6.07, 6.45) is -4.52. The molecular weight excluding hydrogens is 283 g/mol. The summed E-state index contributed by atoms with van der Waals surface area (Å²) in [7, 11) is 0. The third-order valence-corrected chi connectivity index (χ3v) is 3.41. The quantitative estimate of drug-likeness (QED) is 0.724. The highest BCUT2D eigenvalue weighted by Gasteiger charge is 2.37. The number of para-hydroxylation sites is 2. The van der Waals surface area contributed by atoms with Gasteiger partial charge in [0.1, 0.15) is 5.76 Å². The van der Waals surface area contributed by atoms with E-state index in [1.807, 2.05) is 0 Å². The van der Waals surface area contributed by atoms with Crippen molar-refractivity contribution in [3.63, 3.8) is 0 Å². The van der Waals surface area contributed by atoms with E-state index in [1.54, 1.807) is 38.1 Å². The highest BCUT2D eigenvalue weighted by atomic mass is 19.4. The smallest absolute Gasteiger partial charge is 0.361 e. The molecule has 3 rings (SSSR count). The van der Waals surface area contributed by atoms with Crippen molar-refractivity contribution in [1.29, 1.82) is 0 Å². The van der Waals surface area contributed by atoms with E-state index in [1.165, 1.54) is 0 Å². The summed E-state index contributed by atoms with van der Waals surface area (Å²) in [5.41, 5.74) is 1.98. The molecule has 0 spiro atoms. The molecule has 0 saturated heterocycles. The molecular formula is C14H12F3N3O. The maximum atomic E-state index is 13.2. The van der Waals surface area contributed by atoms with Crippen molar-refractivity contribution in [3.8, 4) is 0 Å². The van der Waals surface area contributed by atoms with Crippen LogP contribution in [0.2, 0.25) is 0 Å². The number of aryl methyl sites for hydroxylation is 2. The van der Waals surface area contributed by atoms with Crippen LogP contribution in [0.1, 0.15) is 22.8 Å². The lowest BCUT2D eigenvalue weighted by molar-refractivity contribution is -0.146.